The van der Waals surface area contributed by atoms with Gasteiger partial charge in [0.25, 0.3) is 0 Å². The summed E-state index contributed by atoms with van der Waals surface area (Å²) in [5.74, 6) is 0.353. The molecule has 182 valence electrons. The number of nitrogens with zero attached hydrogens (tertiary/aromatic N) is 4. The molecule has 9 heteroatoms. The average molecular weight is 485 g/mol. The van der Waals surface area contributed by atoms with Crippen LogP contribution < -0.4 is 10.6 Å². The maximum atomic E-state index is 12.0. The number of aromatic nitrogens is 3. The summed E-state index contributed by atoms with van der Waals surface area (Å²) in [5.41, 5.74) is 3.39. The van der Waals surface area contributed by atoms with Gasteiger partial charge >= 0.3 is 6.09 Å². The van der Waals surface area contributed by atoms with Crippen LogP contribution in [0.3, 0.4) is 0 Å². The third-order valence-corrected chi connectivity index (χ3v) is 5.82. The number of amides is 1. The molecule has 0 saturated carbocycles. The van der Waals surface area contributed by atoms with E-state index in [0.717, 1.165) is 43.7 Å². The normalized spacial score (nSPS) is 12.1. The summed E-state index contributed by atoms with van der Waals surface area (Å²) in [6.45, 7) is 11.7. The lowest BCUT2D eigenvalue weighted by Gasteiger charge is -2.21. The highest BCUT2D eigenvalue weighted by Gasteiger charge is 2.15. The van der Waals surface area contributed by atoms with Gasteiger partial charge < -0.3 is 15.0 Å². The molecule has 3 aromatic rings. The summed E-state index contributed by atoms with van der Waals surface area (Å²) in [6.07, 6.45) is 3.24. The molecule has 1 atom stereocenters. The van der Waals surface area contributed by atoms with Crippen LogP contribution >= 0.6 is 11.6 Å². The molecule has 0 saturated heterocycles. The topological polar surface area (TPSA) is 92.3 Å². The molecule has 0 aliphatic rings. The van der Waals surface area contributed by atoms with Crippen LogP contribution in [0.15, 0.2) is 36.5 Å². The van der Waals surface area contributed by atoms with Crippen molar-refractivity contribution in [1.82, 2.24) is 19.9 Å². The van der Waals surface area contributed by atoms with E-state index in [4.69, 9.17) is 21.3 Å². The first-order valence-electron chi connectivity index (χ1n) is 11.8. The van der Waals surface area contributed by atoms with E-state index in [2.05, 4.69) is 46.3 Å². The van der Waals surface area contributed by atoms with Crippen LogP contribution in [0.4, 0.5) is 16.3 Å². The van der Waals surface area contributed by atoms with Gasteiger partial charge in [0.2, 0.25) is 0 Å². The Morgan fingerprint density at radius 2 is 1.88 bits per heavy atom. The lowest BCUT2D eigenvalue weighted by Crippen LogP contribution is -2.25. The van der Waals surface area contributed by atoms with Gasteiger partial charge in [0.1, 0.15) is 11.3 Å². The Kier molecular flexibility index (Phi) is 9.42. The Bertz CT molecular complexity index is 1090. The second-order valence-electron chi connectivity index (χ2n) is 8.05. The van der Waals surface area contributed by atoms with E-state index >= 15 is 0 Å². The lowest BCUT2D eigenvalue weighted by atomic mass is 10.1. The van der Waals surface area contributed by atoms with Crippen molar-refractivity contribution >= 4 is 40.4 Å². The number of anilines is 2. The Morgan fingerprint density at radius 3 is 2.56 bits per heavy atom. The van der Waals surface area contributed by atoms with Crippen molar-refractivity contribution in [2.75, 3.05) is 36.9 Å². The predicted octanol–water partition coefficient (Wildman–Crippen LogP) is 5.84. The number of benzene rings is 1. The lowest BCUT2D eigenvalue weighted by molar-refractivity contribution is 0.168. The second kappa shape index (κ2) is 12.5. The predicted molar refractivity (Wildman–Crippen MR) is 139 cm³/mol. The van der Waals surface area contributed by atoms with Gasteiger partial charge in [0.05, 0.1) is 24.2 Å². The third kappa shape index (κ3) is 7.01. The number of hydrogen-bond donors (Lipinski definition) is 2. The van der Waals surface area contributed by atoms with E-state index in [1.807, 2.05) is 24.3 Å². The van der Waals surface area contributed by atoms with Crippen LogP contribution in [0.2, 0.25) is 5.02 Å². The second-order valence-corrected chi connectivity index (χ2v) is 8.49. The fourth-order valence-corrected chi connectivity index (χ4v) is 3.83. The van der Waals surface area contributed by atoms with E-state index in [9.17, 15) is 4.79 Å². The quantitative estimate of drug-likeness (QED) is 0.353. The van der Waals surface area contributed by atoms with Crippen LogP contribution in [-0.2, 0) is 4.74 Å². The molecule has 3 rings (SSSR count). The van der Waals surface area contributed by atoms with Gasteiger partial charge in [-0.25, -0.2) is 19.7 Å². The van der Waals surface area contributed by atoms with Crippen LogP contribution in [-0.4, -0.2) is 58.2 Å². The van der Waals surface area contributed by atoms with E-state index in [0.29, 0.717) is 27.7 Å². The van der Waals surface area contributed by atoms with E-state index in [-0.39, 0.29) is 12.6 Å². The molecule has 1 amide bonds. The SMILES string of the molecule is CCOC(=O)Nc1cc(NC(C)CCCN(CC)CC)c2ncc(-c3ccc(Cl)cc3)nc2n1. The number of ether oxygens (including phenoxy) is 1. The number of hydrogen-bond acceptors (Lipinski definition) is 7. The van der Waals surface area contributed by atoms with E-state index < -0.39 is 6.09 Å². The summed E-state index contributed by atoms with van der Waals surface area (Å²) < 4.78 is 5.02. The van der Waals surface area contributed by atoms with Gasteiger partial charge in [-0.15, -0.1) is 0 Å². The first-order valence-corrected chi connectivity index (χ1v) is 12.2. The molecule has 1 unspecified atom stereocenters. The Hall–Kier alpha value is -2.97. The number of halogens is 1. The van der Waals surface area contributed by atoms with Gasteiger partial charge in [-0.1, -0.05) is 37.6 Å². The van der Waals surface area contributed by atoms with Crippen LogP contribution in [0.5, 0.6) is 0 Å². The molecular formula is C25H33ClN6O2. The number of rotatable bonds is 11. The van der Waals surface area contributed by atoms with Crippen molar-refractivity contribution in [1.29, 1.82) is 0 Å². The Morgan fingerprint density at radius 1 is 1.15 bits per heavy atom. The van der Waals surface area contributed by atoms with E-state index in [1.54, 1.807) is 19.2 Å². The van der Waals surface area contributed by atoms with Crippen molar-refractivity contribution in [2.24, 2.45) is 0 Å². The fraction of sp³-hybridized carbons (Fsp3) is 0.440. The maximum Gasteiger partial charge on any atom is 0.412 e. The maximum absolute atomic E-state index is 12.0. The smallest absolute Gasteiger partial charge is 0.412 e. The first kappa shape index (κ1) is 25.6. The van der Waals surface area contributed by atoms with Crippen molar-refractivity contribution in [3.05, 3.63) is 41.6 Å². The van der Waals surface area contributed by atoms with Gasteiger partial charge in [0, 0.05) is 22.7 Å². The fourth-order valence-electron chi connectivity index (χ4n) is 3.70. The van der Waals surface area contributed by atoms with Gasteiger partial charge in [-0.3, -0.25) is 5.32 Å². The van der Waals surface area contributed by atoms with Crippen molar-refractivity contribution in [3.63, 3.8) is 0 Å². The molecule has 2 heterocycles. The zero-order valence-electron chi connectivity index (χ0n) is 20.3. The first-order chi connectivity index (χ1) is 16.4. The molecule has 0 radical (unpaired) electrons. The zero-order chi connectivity index (χ0) is 24.5. The molecule has 0 aliphatic carbocycles. The molecule has 0 spiro atoms. The van der Waals surface area contributed by atoms with E-state index in [1.165, 1.54) is 0 Å². The molecule has 0 bridgehead atoms. The van der Waals surface area contributed by atoms with Gasteiger partial charge in [-0.05, 0) is 58.5 Å². The highest BCUT2D eigenvalue weighted by molar-refractivity contribution is 6.30. The van der Waals surface area contributed by atoms with Gasteiger partial charge in [0.15, 0.2) is 5.65 Å². The highest BCUT2D eigenvalue weighted by Crippen LogP contribution is 2.27. The number of carbonyl (C=O) groups excluding carboxylic acids is 1. The summed E-state index contributed by atoms with van der Waals surface area (Å²) in [7, 11) is 0. The summed E-state index contributed by atoms with van der Waals surface area (Å²) in [4.78, 5) is 28.3. The molecule has 1 aromatic carbocycles. The Labute approximate surface area is 206 Å². The van der Waals surface area contributed by atoms with Crippen molar-refractivity contribution < 1.29 is 9.53 Å². The van der Waals surface area contributed by atoms with Crippen LogP contribution in [0.25, 0.3) is 22.4 Å². The molecule has 2 aromatic heterocycles. The minimum Gasteiger partial charge on any atom is -0.450 e. The Balaban J connectivity index is 1.88. The third-order valence-electron chi connectivity index (χ3n) is 5.57. The minimum absolute atomic E-state index is 0.203. The number of nitrogens with one attached hydrogen (secondary N) is 2. The van der Waals surface area contributed by atoms with Crippen LogP contribution in [0, 0.1) is 0 Å². The summed E-state index contributed by atoms with van der Waals surface area (Å²) >= 11 is 6.02. The molecule has 0 fully saturated rings. The minimum atomic E-state index is -0.561. The number of pyridine rings is 1. The largest absolute Gasteiger partial charge is 0.450 e. The summed E-state index contributed by atoms with van der Waals surface area (Å²) in [5, 5.41) is 6.87. The summed E-state index contributed by atoms with van der Waals surface area (Å²) in [6, 6.07) is 9.36. The van der Waals surface area contributed by atoms with Crippen molar-refractivity contribution in [2.45, 2.75) is 46.6 Å². The highest BCUT2D eigenvalue weighted by atomic mass is 35.5. The number of carbonyl (C=O) groups is 1. The molecule has 2 N–H and O–H groups in total. The monoisotopic (exact) mass is 484 g/mol. The molecule has 0 aliphatic heterocycles. The number of fused-ring (bicyclic) bond motifs is 1. The van der Waals surface area contributed by atoms with Crippen molar-refractivity contribution in [3.8, 4) is 11.3 Å². The molecular weight excluding hydrogens is 452 g/mol. The van der Waals surface area contributed by atoms with Crippen LogP contribution in [0.1, 0.15) is 40.5 Å². The zero-order valence-corrected chi connectivity index (χ0v) is 21.0. The van der Waals surface area contributed by atoms with Gasteiger partial charge in [-0.2, -0.15) is 0 Å². The molecule has 34 heavy (non-hydrogen) atoms. The average Bonchev–Trinajstić information content (AvgIpc) is 2.82. The molecule has 8 nitrogen and oxygen atoms in total. The standard InChI is InChI=1S/C25H33ClN6O2/c1-5-32(6-2)14-8-9-17(4)28-20-15-22(31-25(33)34-7-3)30-24-23(20)27-16-21(29-24)18-10-12-19(26)13-11-18/h10-13,15-17H,5-9,14H2,1-4H3,(H2,28,29,30,31,33).